The van der Waals surface area contributed by atoms with E-state index in [4.69, 9.17) is 11.6 Å². The van der Waals surface area contributed by atoms with E-state index in [9.17, 15) is 13.2 Å². The Hall–Kier alpha value is -1.70. The first-order valence-corrected chi connectivity index (χ1v) is 10.4. The molecular formula is C17H18ClNO4S2. The van der Waals surface area contributed by atoms with Gasteiger partial charge in [0, 0.05) is 11.4 Å². The smallest absolute Gasteiger partial charge is 0.337 e. The molecule has 0 aliphatic heterocycles. The molecular weight excluding hydrogens is 382 g/mol. The van der Waals surface area contributed by atoms with E-state index >= 15 is 0 Å². The van der Waals surface area contributed by atoms with Crippen LogP contribution in [0.15, 0.2) is 52.3 Å². The van der Waals surface area contributed by atoms with E-state index in [1.165, 1.54) is 41.4 Å². The van der Waals surface area contributed by atoms with E-state index in [1.54, 1.807) is 31.2 Å². The minimum atomic E-state index is -3.81. The number of methoxy groups -OCH3 is 1. The first-order valence-electron chi connectivity index (χ1n) is 7.39. The Morgan fingerprint density at radius 3 is 2.36 bits per heavy atom. The lowest BCUT2D eigenvalue weighted by molar-refractivity contribution is 0.0600. The SMILES string of the molecule is CCN(c1cc(C(=O)OC)ccc1Cl)S(=O)(=O)c1ccc(SC)cc1. The molecule has 0 unspecified atom stereocenters. The van der Waals surface area contributed by atoms with Gasteiger partial charge in [0.05, 0.1) is 28.3 Å². The lowest BCUT2D eigenvalue weighted by atomic mass is 10.2. The number of halogens is 1. The van der Waals surface area contributed by atoms with E-state index in [2.05, 4.69) is 4.74 Å². The van der Waals surface area contributed by atoms with Crippen LogP contribution in [0.3, 0.4) is 0 Å². The van der Waals surface area contributed by atoms with Crippen LogP contribution in [0.25, 0.3) is 0 Å². The lowest BCUT2D eigenvalue weighted by Gasteiger charge is -2.24. The Morgan fingerprint density at radius 1 is 1.20 bits per heavy atom. The number of benzene rings is 2. The standard InChI is InChI=1S/C17H18ClNO4S2/c1-4-19(16-11-12(17(20)23-2)5-10-15(16)18)25(21,22)14-8-6-13(24-3)7-9-14/h5-11H,4H2,1-3H3. The Bertz CT molecular complexity index is 867. The summed E-state index contributed by atoms with van der Waals surface area (Å²) in [4.78, 5) is 12.9. The molecule has 0 aromatic heterocycles. The third-order valence-corrected chi connectivity index (χ3v) is 6.54. The van der Waals surface area contributed by atoms with Gasteiger partial charge in [0.2, 0.25) is 0 Å². The molecule has 2 rings (SSSR count). The van der Waals surface area contributed by atoms with E-state index in [0.717, 1.165) is 4.90 Å². The summed E-state index contributed by atoms with van der Waals surface area (Å²) >= 11 is 7.73. The number of thioether (sulfide) groups is 1. The van der Waals surface area contributed by atoms with E-state index in [-0.39, 0.29) is 27.7 Å². The summed E-state index contributed by atoms with van der Waals surface area (Å²) in [5.74, 6) is -0.560. The number of ether oxygens (including phenoxy) is 1. The van der Waals surface area contributed by atoms with Crippen molar-refractivity contribution in [1.82, 2.24) is 0 Å². The molecule has 0 fully saturated rings. The Kier molecular flexibility index (Phi) is 6.37. The molecule has 0 heterocycles. The molecule has 0 radical (unpaired) electrons. The zero-order valence-corrected chi connectivity index (χ0v) is 16.4. The van der Waals surface area contributed by atoms with Gasteiger partial charge in [0.1, 0.15) is 0 Å². The Morgan fingerprint density at radius 2 is 1.84 bits per heavy atom. The minimum absolute atomic E-state index is 0.159. The normalized spacial score (nSPS) is 11.2. The van der Waals surface area contributed by atoms with Gasteiger partial charge in [-0.25, -0.2) is 13.2 Å². The number of hydrogen-bond donors (Lipinski definition) is 0. The molecule has 5 nitrogen and oxygen atoms in total. The Labute approximate surface area is 157 Å². The predicted molar refractivity (Wildman–Crippen MR) is 101 cm³/mol. The fourth-order valence-corrected chi connectivity index (χ4v) is 4.46. The van der Waals surface area contributed by atoms with Gasteiger partial charge in [0.15, 0.2) is 0 Å². The maximum absolute atomic E-state index is 13.0. The van der Waals surface area contributed by atoms with Crippen molar-refractivity contribution in [3.8, 4) is 0 Å². The summed E-state index contributed by atoms with van der Waals surface area (Å²) in [6.45, 7) is 1.87. The maximum atomic E-state index is 13.0. The van der Waals surface area contributed by atoms with Gasteiger partial charge in [0.25, 0.3) is 10.0 Å². The van der Waals surface area contributed by atoms with E-state index < -0.39 is 16.0 Å². The minimum Gasteiger partial charge on any atom is -0.465 e. The fraction of sp³-hybridized carbons (Fsp3) is 0.235. The number of anilines is 1. The van der Waals surface area contributed by atoms with Crippen LogP contribution in [0.2, 0.25) is 5.02 Å². The molecule has 134 valence electrons. The molecule has 0 N–H and O–H groups in total. The van der Waals surface area contributed by atoms with Crippen molar-refractivity contribution in [3.05, 3.63) is 53.1 Å². The van der Waals surface area contributed by atoms with Crippen molar-refractivity contribution in [1.29, 1.82) is 0 Å². The van der Waals surface area contributed by atoms with Crippen molar-refractivity contribution in [2.75, 3.05) is 24.2 Å². The molecule has 0 aliphatic carbocycles. The largest absolute Gasteiger partial charge is 0.465 e. The van der Waals surface area contributed by atoms with Crippen molar-refractivity contribution in [3.63, 3.8) is 0 Å². The molecule has 0 saturated carbocycles. The molecule has 0 saturated heterocycles. The van der Waals surface area contributed by atoms with E-state index in [0.29, 0.717) is 0 Å². The molecule has 25 heavy (non-hydrogen) atoms. The van der Waals surface area contributed by atoms with Crippen LogP contribution >= 0.6 is 23.4 Å². The second-order valence-electron chi connectivity index (χ2n) is 5.00. The predicted octanol–water partition coefficient (Wildman–Crippen LogP) is 4.06. The molecule has 0 aliphatic rings. The average molecular weight is 400 g/mol. The van der Waals surface area contributed by atoms with Crippen LogP contribution in [0.1, 0.15) is 17.3 Å². The van der Waals surface area contributed by atoms with Gasteiger partial charge in [-0.1, -0.05) is 11.6 Å². The quantitative estimate of drug-likeness (QED) is 0.541. The lowest BCUT2D eigenvalue weighted by Crippen LogP contribution is -2.31. The summed E-state index contributed by atoms with van der Waals surface area (Å²) in [6.07, 6.45) is 1.92. The van der Waals surface area contributed by atoms with Crippen LogP contribution < -0.4 is 4.31 Å². The van der Waals surface area contributed by atoms with Gasteiger partial charge in [-0.05, 0) is 55.6 Å². The zero-order valence-electron chi connectivity index (χ0n) is 14.0. The first-order chi connectivity index (χ1) is 11.8. The van der Waals surface area contributed by atoms with Crippen LogP contribution in [-0.4, -0.2) is 34.3 Å². The van der Waals surface area contributed by atoms with Gasteiger partial charge in [-0.3, -0.25) is 4.31 Å². The third kappa shape index (κ3) is 4.11. The first kappa shape index (κ1) is 19.6. The Balaban J connectivity index is 2.52. The van der Waals surface area contributed by atoms with Crippen LogP contribution in [0.5, 0.6) is 0 Å². The highest BCUT2D eigenvalue weighted by atomic mass is 35.5. The van der Waals surface area contributed by atoms with Gasteiger partial charge < -0.3 is 4.74 Å². The van der Waals surface area contributed by atoms with Crippen LogP contribution in [0.4, 0.5) is 5.69 Å². The second kappa shape index (κ2) is 8.12. The highest BCUT2D eigenvalue weighted by Crippen LogP contribution is 2.32. The number of hydrogen-bond acceptors (Lipinski definition) is 5. The molecule has 2 aromatic rings. The number of rotatable bonds is 6. The third-order valence-electron chi connectivity index (χ3n) is 3.57. The summed E-state index contributed by atoms with van der Waals surface area (Å²) in [6, 6.07) is 11.0. The molecule has 0 atom stereocenters. The van der Waals surface area contributed by atoms with Crippen molar-refractivity contribution in [2.45, 2.75) is 16.7 Å². The molecule has 0 bridgehead atoms. The van der Waals surface area contributed by atoms with Crippen molar-refractivity contribution < 1.29 is 17.9 Å². The fourth-order valence-electron chi connectivity index (χ4n) is 2.29. The number of nitrogens with zero attached hydrogens (tertiary/aromatic N) is 1. The second-order valence-corrected chi connectivity index (χ2v) is 8.15. The van der Waals surface area contributed by atoms with Crippen molar-refractivity contribution in [2.24, 2.45) is 0 Å². The summed E-state index contributed by atoms with van der Waals surface area (Å²) in [5, 5.41) is 0.235. The van der Waals surface area contributed by atoms with Crippen LogP contribution in [-0.2, 0) is 14.8 Å². The van der Waals surface area contributed by atoms with Crippen molar-refractivity contribution >= 4 is 45.0 Å². The monoisotopic (exact) mass is 399 g/mol. The average Bonchev–Trinajstić information content (AvgIpc) is 2.63. The summed E-state index contributed by atoms with van der Waals surface area (Å²) < 4.78 is 31.9. The number of sulfonamides is 1. The van der Waals surface area contributed by atoms with E-state index in [1.807, 2.05) is 6.26 Å². The van der Waals surface area contributed by atoms with Gasteiger partial charge in [-0.2, -0.15) is 0 Å². The molecule has 0 spiro atoms. The number of esters is 1. The van der Waals surface area contributed by atoms with Crippen LogP contribution in [0, 0.1) is 0 Å². The highest BCUT2D eigenvalue weighted by Gasteiger charge is 2.26. The molecule has 0 amide bonds. The zero-order chi connectivity index (χ0) is 18.6. The topological polar surface area (TPSA) is 63.7 Å². The maximum Gasteiger partial charge on any atom is 0.337 e. The summed E-state index contributed by atoms with van der Waals surface area (Å²) in [5.41, 5.74) is 0.467. The molecule has 2 aromatic carbocycles. The van der Waals surface area contributed by atoms with Gasteiger partial charge >= 0.3 is 5.97 Å². The highest BCUT2D eigenvalue weighted by molar-refractivity contribution is 7.98. The van der Waals surface area contributed by atoms with Gasteiger partial charge in [-0.15, -0.1) is 11.8 Å². The summed E-state index contributed by atoms with van der Waals surface area (Å²) in [7, 11) is -2.55. The number of carbonyl (C=O) groups is 1. The number of carbonyl (C=O) groups excluding carboxylic acids is 1. The molecule has 8 heteroatoms.